The second kappa shape index (κ2) is 19.3. The highest BCUT2D eigenvalue weighted by Gasteiger charge is 2.76. The maximum Gasteiger partial charge on any atom is 0.310 e. The Morgan fingerprint density at radius 3 is 2.37 bits per heavy atom. The Hall–Kier alpha value is -2.99. The minimum absolute atomic E-state index is 0.0440. The van der Waals surface area contributed by atoms with E-state index in [0.29, 0.717) is 83.6 Å². The predicted octanol–water partition coefficient (Wildman–Crippen LogP) is 2.34. The number of rotatable bonds is 15. The van der Waals surface area contributed by atoms with E-state index in [2.05, 4.69) is 54.0 Å². The Labute approximate surface area is 417 Å². The minimum Gasteiger partial charge on any atom is -0.481 e. The second-order valence-corrected chi connectivity index (χ2v) is 24.6. The van der Waals surface area contributed by atoms with Crippen molar-refractivity contribution in [2.75, 3.05) is 39.6 Å². The van der Waals surface area contributed by atoms with Gasteiger partial charge in [-0.05, 0) is 129 Å². The lowest BCUT2D eigenvalue weighted by molar-refractivity contribution is -0.343. The van der Waals surface area contributed by atoms with Crippen molar-refractivity contribution in [1.29, 1.82) is 0 Å². The van der Waals surface area contributed by atoms with Crippen LogP contribution in [0.5, 0.6) is 0 Å². The number of nitrogens with zero attached hydrogens (tertiary/aromatic N) is 1. The quantitative estimate of drug-likeness (QED) is 0.0682. The molecule has 1 spiro atoms. The lowest BCUT2D eigenvalue weighted by Gasteiger charge is -2.74. The number of nitrogens with one attached hydrogen (secondary N) is 2. The van der Waals surface area contributed by atoms with Crippen LogP contribution in [0.25, 0.3) is 0 Å². The number of amides is 1. The summed E-state index contributed by atoms with van der Waals surface area (Å²) in [4.78, 5) is 36.4. The number of hydrogen-bond donors (Lipinski definition) is 12. The Balaban J connectivity index is 1.28. The molecular formula is C54H82N4O13. The van der Waals surface area contributed by atoms with Crippen LogP contribution >= 0.6 is 0 Å². The number of aromatic nitrogens is 2. The SMILES string of the molecule is C[C@]1(CO)CC[C@]2(C(=O)O)CC[C@@]34CCC#C[C@H]([C@H]5[C@H]([C@H](CCCN)c6cnc[nH]6)NC(=O)[C@]5(CO)CCCO)[C@H]5[C@@H](O)[C@@H](O[C@@H]6OC[C@@H](O)[C@H](O)[C@H]6O)[C@@](C)(CO)[C@H]6CC[C@]3(C)[C@H](CC=C4[C@@H]2C1)[C@@]56C. The number of imidazole rings is 1. The van der Waals surface area contributed by atoms with Crippen LogP contribution in [0.15, 0.2) is 24.2 Å². The normalized spacial score (nSPS) is 48.5. The van der Waals surface area contributed by atoms with E-state index in [4.69, 9.17) is 15.2 Å². The number of aliphatic carboxylic acids is 1. The molecule has 2 saturated heterocycles. The largest absolute Gasteiger partial charge is 0.481 e. The first-order chi connectivity index (χ1) is 33.8. The number of ether oxygens (including phenoxy) is 2. The van der Waals surface area contributed by atoms with Crippen LogP contribution in [0.4, 0.5) is 0 Å². The second-order valence-electron chi connectivity index (χ2n) is 24.6. The molecule has 4 saturated carbocycles. The van der Waals surface area contributed by atoms with Crippen molar-refractivity contribution in [2.45, 2.75) is 166 Å². The summed E-state index contributed by atoms with van der Waals surface area (Å²) in [6.45, 7) is 7.29. The molecule has 2 aliphatic heterocycles. The molecule has 0 aromatic carbocycles. The van der Waals surface area contributed by atoms with Crippen molar-refractivity contribution in [1.82, 2.24) is 15.3 Å². The molecule has 71 heavy (non-hydrogen) atoms. The maximum atomic E-state index is 15.1. The number of aliphatic hydroxyl groups is 8. The number of nitrogens with two attached hydrogens (primary N) is 1. The average molecular weight is 995 g/mol. The standard InChI is InChI=1S/C54H82N4O13/c1-48(26-60)17-18-52(47(68)69)19-20-54-15-6-5-9-31(38-40(30(10-7-21-55)34-24-56-29-57-34)58-46(67)53(38,28-62)14-8-22-59)39-42(65)44(71-45-43(66)41(64)35(63)25-70-45)49(2,27-61)36-13-16-50(54,3)37(51(36,39)4)12-11-32(54)33(52)23-48/h11,24,29-31,33,35-45,59-66H,6-8,10,12-23,25-28,55H2,1-4H3,(H,56,57)(H,58,67)(H,68,69)/t30-,31-,33+,35-,36-,37+,38+,39+,40+,41+,42-,43-,44-,45+,48+,49+,50-,51+,52+,53+,54-/m1/s1. The maximum absolute atomic E-state index is 15.1. The summed E-state index contributed by atoms with van der Waals surface area (Å²) in [5.74, 6) is 2.47. The first-order valence-corrected chi connectivity index (χ1v) is 26.6. The molecule has 1 aromatic rings. The van der Waals surface area contributed by atoms with Gasteiger partial charge in [-0.15, -0.1) is 5.92 Å². The van der Waals surface area contributed by atoms with Crippen molar-refractivity contribution >= 4 is 11.9 Å². The van der Waals surface area contributed by atoms with Gasteiger partial charge in [0.25, 0.3) is 0 Å². The van der Waals surface area contributed by atoms with Crippen LogP contribution in [0.2, 0.25) is 0 Å². The number of aromatic amines is 1. The molecule has 1 amide bonds. The van der Waals surface area contributed by atoms with Gasteiger partial charge in [0.05, 0.1) is 49.2 Å². The van der Waals surface area contributed by atoms with Crippen molar-refractivity contribution in [3.05, 3.63) is 29.9 Å². The van der Waals surface area contributed by atoms with E-state index in [9.17, 15) is 50.8 Å². The van der Waals surface area contributed by atoms with Gasteiger partial charge in [0.15, 0.2) is 6.29 Å². The summed E-state index contributed by atoms with van der Waals surface area (Å²) in [6.07, 6.45) is 3.78. The molecule has 0 radical (unpaired) electrons. The predicted molar refractivity (Wildman–Crippen MR) is 258 cm³/mol. The van der Waals surface area contributed by atoms with Gasteiger partial charge in [-0.2, -0.15) is 0 Å². The summed E-state index contributed by atoms with van der Waals surface area (Å²) in [7, 11) is 0. The smallest absolute Gasteiger partial charge is 0.310 e. The number of carbonyl (C=O) groups is 2. The first-order valence-electron chi connectivity index (χ1n) is 26.6. The molecule has 13 N–H and O–H groups in total. The van der Waals surface area contributed by atoms with Gasteiger partial charge < -0.3 is 71.5 Å². The third-order valence-corrected chi connectivity index (χ3v) is 21.7. The van der Waals surface area contributed by atoms with Crippen LogP contribution in [-0.2, 0) is 19.1 Å². The highest BCUT2D eigenvalue weighted by molar-refractivity contribution is 5.86. The van der Waals surface area contributed by atoms with E-state index in [1.807, 2.05) is 6.92 Å². The summed E-state index contributed by atoms with van der Waals surface area (Å²) in [5, 5.41) is 106. The van der Waals surface area contributed by atoms with Crippen molar-refractivity contribution in [2.24, 2.45) is 79.1 Å². The molecule has 3 heterocycles. The van der Waals surface area contributed by atoms with Crippen LogP contribution in [0.3, 0.4) is 0 Å². The van der Waals surface area contributed by atoms with Crippen molar-refractivity contribution in [3.8, 4) is 11.8 Å². The van der Waals surface area contributed by atoms with Gasteiger partial charge in [-0.1, -0.05) is 45.3 Å². The van der Waals surface area contributed by atoms with E-state index < -0.39 is 124 Å². The van der Waals surface area contributed by atoms with Crippen LogP contribution < -0.4 is 11.1 Å². The Morgan fingerprint density at radius 2 is 1.70 bits per heavy atom. The van der Waals surface area contributed by atoms with Crippen LogP contribution in [0.1, 0.15) is 129 Å². The van der Waals surface area contributed by atoms with E-state index in [-0.39, 0.29) is 56.3 Å². The van der Waals surface area contributed by atoms with E-state index >= 15 is 4.79 Å². The molecule has 396 valence electrons. The monoisotopic (exact) mass is 995 g/mol. The molecule has 17 nitrogen and oxygen atoms in total. The molecule has 9 rings (SSSR count). The highest BCUT2D eigenvalue weighted by atomic mass is 16.7. The van der Waals surface area contributed by atoms with Crippen LogP contribution in [-0.4, -0.2) is 150 Å². The number of hydrogen-bond acceptors (Lipinski definition) is 14. The minimum atomic E-state index is -1.70. The van der Waals surface area contributed by atoms with Gasteiger partial charge >= 0.3 is 5.97 Å². The number of H-pyrrole nitrogens is 1. The first kappa shape index (κ1) is 52.9. The Morgan fingerprint density at radius 1 is 0.944 bits per heavy atom. The fraction of sp³-hybridized carbons (Fsp3) is 0.833. The molecule has 4 bridgehead atoms. The molecular weight excluding hydrogens is 913 g/mol. The molecule has 6 aliphatic carbocycles. The zero-order chi connectivity index (χ0) is 51.1. The van der Waals surface area contributed by atoms with Gasteiger partial charge in [0, 0.05) is 66.7 Å². The number of carboxylic acids is 1. The molecule has 21 atom stereocenters. The number of carboxylic acid groups (broad SMARTS) is 1. The van der Waals surface area contributed by atoms with Gasteiger partial charge in [-0.25, -0.2) is 4.98 Å². The van der Waals surface area contributed by atoms with Gasteiger partial charge in [0.1, 0.15) is 18.3 Å². The topological polar surface area (TPSA) is 301 Å². The average Bonchev–Trinajstić information content (AvgIpc) is 3.99. The molecule has 17 heteroatoms. The van der Waals surface area contributed by atoms with Gasteiger partial charge in [0.2, 0.25) is 5.91 Å². The summed E-state index contributed by atoms with van der Waals surface area (Å²) in [5.41, 5.74) is 2.05. The molecule has 1 aromatic heterocycles. The molecule has 8 aliphatic rings. The van der Waals surface area contributed by atoms with Gasteiger partial charge in [-0.3, -0.25) is 9.59 Å². The molecule has 6 fully saturated rings. The lowest BCUT2D eigenvalue weighted by Crippen LogP contribution is -2.74. The lowest BCUT2D eigenvalue weighted by atomic mass is 9.30. The van der Waals surface area contributed by atoms with Crippen LogP contribution in [0, 0.1) is 85.3 Å². The summed E-state index contributed by atoms with van der Waals surface area (Å²) >= 11 is 0. The number of fused-ring (bicyclic) bond motifs is 2. The third-order valence-electron chi connectivity index (χ3n) is 21.7. The Kier molecular flexibility index (Phi) is 14.4. The highest BCUT2D eigenvalue weighted by Crippen LogP contribution is 2.79. The van der Waals surface area contributed by atoms with E-state index in [1.54, 1.807) is 12.5 Å². The number of carbonyl (C=O) groups excluding carboxylic acids is 1. The van der Waals surface area contributed by atoms with Crippen molar-refractivity contribution < 1.29 is 65.0 Å². The fourth-order valence-corrected chi connectivity index (χ4v) is 18.0. The summed E-state index contributed by atoms with van der Waals surface area (Å²) in [6, 6.07) is -0.670. The van der Waals surface area contributed by atoms with E-state index in [1.165, 1.54) is 0 Å². The molecule has 0 unspecified atom stereocenters. The van der Waals surface area contributed by atoms with E-state index in [0.717, 1.165) is 11.3 Å². The number of aliphatic hydroxyl groups excluding tert-OH is 8. The zero-order valence-electron chi connectivity index (χ0n) is 42.1. The zero-order valence-corrected chi connectivity index (χ0v) is 42.1. The third kappa shape index (κ3) is 7.68. The fourth-order valence-electron chi connectivity index (χ4n) is 18.0. The summed E-state index contributed by atoms with van der Waals surface area (Å²) < 4.78 is 12.6. The Bertz CT molecular complexity index is 2220. The van der Waals surface area contributed by atoms with Crippen molar-refractivity contribution in [3.63, 3.8) is 0 Å². The number of allylic oxidation sites excluding steroid dienone is 2.